The van der Waals surface area contributed by atoms with E-state index in [-0.39, 0.29) is 27.4 Å². The Kier molecular flexibility index (Phi) is 5.75. The Morgan fingerprint density at radius 3 is 2.83 bits per heavy atom. The molecule has 2 rings (SSSR count). The molecule has 0 aromatic heterocycles. The number of amides is 2. The minimum atomic E-state index is -0.551. The molecule has 0 spiro atoms. The lowest BCUT2D eigenvalue weighted by Crippen LogP contribution is -2.29. The number of hydrogen-bond donors (Lipinski definition) is 0. The number of nitrogens with zero attached hydrogens (tertiary/aromatic N) is 2. The molecule has 122 valence electrons. The van der Waals surface area contributed by atoms with Crippen molar-refractivity contribution in [2.75, 3.05) is 20.3 Å². The average molecular weight is 357 g/mol. The van der Waals surface area contributed by atoms with Gasteiger partial charge in [0, 0.05) is 43.0 Å². The van der Waals surface area contributed by atoms with Crippen LogP contribution in [0, 0.1) is 10.1 Å². The van der Waals surface area contributed by atoms with Crippen LogP contribution in [0.15, 0.2) is 23.1 Å². The predicted octanol–water partition coefficient (Wildman–Crippen LogP) is 3.32. The summed E-state index contributed by atoms with van der Waals surface area (Å²) in [6, 6.07) is 3.92. The van der Waals surface area contributed by atoms with Crippen molar-refractivity contribution < 1.29 is 19.2 Å². The zero-order valence-corrected chi connectivity index (χ0v) is 13.7. The highest BCUT2D eigenvalue weighted by Crippen LogP contribution is 2.34. The molecular formula is C14H13ClN2O5S. The van der Waals surface area contributed by atoms with Crippen LogP contribution < -0.4 is 0 Å². The normalized spacial score (nSPS) is 16.4. The summed E-state index contributed by atoms with van der Waals surface area (Å²) in [7, 11) is 1.54. The molecule has 0 N–H and O–H groups in total. The number of rotatable bonds is 6. The maximum Gasteiger partial charge on any atom is 0.293 e. The third-order valence-electron chi connectivity index (χ3n) is 3.08. The summed E-state index contributed by atoms with van der Waals surface area (Å²) in [6.07, 6.45) is 1.94. The minimum Gasteiger partial charge on any atom is -0.385 e. The second-order valence-corrected chi connectivity index (χ2v) is 6.04. The van der Waals surface area contributed by atoms with Gasteiger partial charge in [-0.2, -0.15) is 0 Å². The molecule has 0 radical (unpaired) electrons. The molecule has 9 heteroatoms. The third-order valence-corrected chi connectivity index (χ3v) is 4.33. The number of halogens is 1. The van der Waals surface area contributed by atoms with Crippen molar-refractivity contribution in [2.24, 2.45) is 0 Å². The van der Waals surface area contributed by atoms with E-state index in [1.165, 1.54) is 31.4 Å². The SMILES string of the molecule is COCCCN1C(=O)S/C(=C/c2cc([N+](=O)[O-])ccc2Cl)C1=O. The molecule has 1 heterocycles. The summed E-state index contributed by atoms with van der Waals surface area (Å²) >= 11 is 6.79. The lowest BCUT2D eigenvalue weighted by molar-refractivity contribution is -0.384. The first-order chi connectivity index (χ1) is 10.9. The van der Waals surface area contributed by atoms with Gasteiger partial charge in [0.05, 0.1) is 9.83 Å². The van der Waals surface area contributed by atoms with E-state index >= 15 is 0 Å². The van der Waals surface area contributed by atoms with E-state index in [2.05, 4.69) is 0 Å². The van der Waals surface area contributed by atoms with E-state index in [1.807, 2.05) is 0 Å². The van der Waals surface area contributed by atoms with Crippen LogP contribution in [0.2, 0.25) is 5.02 Å². The molecule has 0 atom stereocenters. The number of carbonyl (C=O) groups is 2. The van der Waals surface area contributed by atoms with Crippen LogP contribution >= 0.6 is 23.4 Å². The first-order valence-corrected chi connectivity index (χ1v) is 7.81. The topological polar surface area (TPSA) is 89.8 Å². The molecule has 23 heavy (non-hydrogen) atoms. The van der Waals surface area contributed by atoms with E-state index < -0.39 is 10.8 Å². The molecule has 1 saturated heterocycles. The first kappa shape index (κ1) is 17.5. The Labute approximate surface area is 141 Å². The monoisotopic (exact) mass is 356 g/mol. The maximum absolute atomic E-state index is 12.2. The van der Waals surface area contributed by atoms with Gasteiger partial charge in [0.1, 0.15) is 0 Å². The molecule has 0 aliphatic carbocycles. The van der Waals surface area contributed by atoms with Crippen LogP contribution in [0.25, 0.3) is 6.08 Å². The number of ether oxygens (including phenoxy) is 1. The highest BCUT2D eigenvalue weighted by atomic mass is 35.5. The Balaban J connectivity index is 2.23. The van der Waals surface area contributed by atoms with Gasteiger partial charge < -0.3 is 4.74 Å². The number of nitro groups is 1. The quantitative estimate of drug-likeness (QED) is 0.336. The standard InChI is InChI=1S/C14H13ClN2O5S/c1-22-6-2-5-16-13(18)12(23-14(16)19)8-9-7-10(17(20)21)3-4-11(9)15/h3-4,7-8H,2,5-6H2,1H3/b12-8+. The van der Waals surface area contributed by atoms with Crippen LogP contribution in [-0.2, 0) is 9.53 Å². The largest absolute Gasteiger partial charge is 0.385 e. The van der Waals surface area contributed by atoms with E-state index in [0.717, 1.165) is 16.7 Å². The molecule has 0 bridgehead atoms. The molecule has 0 unspecified atom stereocenters. The maximum atomic E-state index is 12.2. The Hall–Kier alpha value is -1.90. The number of nitro benzene ring substituents is 1. The summed E-state index contributed by atoms with van der Waals surface area (Å²) < 4.78 is 4.89. The molecular weight excluding hydrogens is 344 g/mol. The number of thioether (sulfide) groups is 1. The Morgan fingerprint density at radius 1 is 1.43 bits per heavy atom. The second-order valence-electron chi connectivity index (χ2n) is 4.64. The van der Waals surface area contributed by atoms with Crippen molar-refractivity contribution in [1.29, 1.82) is 0 Å². The van der Waals surface area contributed by atoms with Gasteiger partial charge in [-0.3, -0.25) is 24.6 Å². The number of methoxy groups -OCH3 is 1. The van der Waals surface area contributed by atoms with Crippen LogP contribution in [0.4, 0.5) is 10.5 Å². The number of hydrogen-bond acceptors (Lipinski definition) is 6. The van der Waals surface area contributed by atoms with Crippen LogP contribution in [0.5, 0.6) is 0 Å². The van der Waals surface area contributed by atoms with E-state index in [0.29, 0.717) is 18.6 Å². The zero-order chi connectivity index (χ0) is 17.0. The minimum absolute atomic E-state index is 0.139. The smallest absolute Gasteiger partial charge is 0.293 e. The summed E-state index contributed by atoms with van der Waals surface area (Å²) in [5, 5.41) is 10.7. The predicted molar refractivity (Wildman–Crippen MR) is 87.3 cm³/mol. The molecule has 1 aliphatic rings. The molecule has 0 saturated carbocycles. The Morgan fingerprint density at radius 2 is 2.17 bits per heavy atom. The fraction of sp³-hybridized carbons (Fsp3) is 0.286. The summed E-state index contributed by atoms with van der Waals surface area (Å²) in [5.74, 6) is -0.432. The molecule has 2 amide bonds. The molecule has 1 aliphatic heterocycles. The highest BCUT2D eigenvalue weighted by Gasteiger charge is 2.34. The van der Waals surface area contributed by atoms with Gasteiger partial charge in [-0.25, -0.2) is 0 Å². The van der Waals surface area contributed by atoms with Crippen molar-refractivity contribution >= 4 is 46.3 Å². The van der Waals surface area contributed by atoms with Gasteiger partial charge in [0.25, 0.3) is 16.8 Å². The van der Waals surface area contributed by atoms with Crippen molar-refractivity contribution in [3.05, 3.63) is 43.8 Å². The summed E-state index contributed by atoms with van der Waals surface area (Å²) in [5.41, 5.74) is 0.184. The van der Waals surface area contributed by atoms with E-state index in [1.54, 1.807) is 0 Å². The number of non-ortho nitro benzene ring substituents is 1. The van der Waals surface area contributed by atoms with Crippen LogP contribution in [-0.4, -0.2) is 41.2 Å². The fourth-order valence-electron chi connectivity index (χ4n) is 1.96. The number of carbonyl (C=O) groups excluding carboxylic acids is 2. The molecule has 7 nitrogen and oxygen atoms in total. The second kappa shape index (κ2) is 7.58. The lowest BCUT2D eigenvalue weighted by Gasteiger charge is -2.11. The third kappa shape index (κ3) is 4.10. The van der Waals surface area contributed by atoms with Gasteiger partial charge in [0.15, 0.2) is 0 Å². The first-order valence-electron chi connectivity index (χ1n) is 6.62. The molecule has 1 fully saturated rings. The fourth-order valence-corrected chi connectivity index (χ4v) is 2.98. The van der Waals surface area contributed by atoms with Crippen LogP contribution in [0.1, 0.15) is 12.0 Å². The van der Waals surface area contributed by atoms with E-state index in [9.17, 15) is 19.7 Å². The zero-order valence-electron chi connectivity index (χ0n) is 12.2. The number of imide groups is 1. The molecule has 1 aromatic carbocycles. The Bertz CT molecular complexity index is 692. The molecule has 1 aromatic rings. The van der Waals surface area contributed by atoms with Crippen molar-refractivity contribution in [2.45, 2.75) is 6.42 Å². The van der Waals surface area contributed by atoms with Crippen molar-refractivity contribution in [3.63, 3.8) is 0 Å². The van der Waals surface area contributed by atoms with Gasteiger partial charge >= 0.3 is 0 Å². The van der Waals surface area contributed by atoms with Gasteiger partial charge in [-0.05, 0) is 30.3 Å². The van der Waals surface area contributed by atoms with Gasteiger partial charge in [-0.15, -0.1) is 0 Å². The lowest BCUT2D eigenvalue weighted by atomic mass is 10.2. The average Bonchev–Trinajstić information content (AvgIpc) is 2.77. The van der Waals surface area contributed by atoms with Crippen molar-refractivity contribution in [3.8, 4) is 0 Å². The summed E-state index contributed by atoms with van der Waals surface area (Å²) in [4.78, 5) is 35.7. The van der Waals surface area contributed by atoms with Gasteiger partial charge in [-0.1, -0.05) is 11.6 Å². The van der Waals surface area contributed by atoms with Gasteiger partial charge in [0.2, 0.25) is 0 Å². The highest BCUT2D eigenvalue weighted by molar-refractivity contribution is 8.18. The van der Waals surface area contributed by atoms with E-state index in [4.69, 9.17) is 16.3 Å². The van der Waals surface area contributed by atoms with Crippen molar-refractivity contribution in [1.82, 2.24) is 4.90 Å². The number of benzene rings is 1. The summed E-state index contributed by atoms with van der Waals surface area (Å²) in [6.45, 7) is 0.704. The van der Waals surface area contributed by atoms with Crippen LogP contribution in [0.3, 0.4) is 0 Å².